The fourth-order valence-electron chi connectivity index (χ4n) is 4.12. The molecule has 3 rings (SSSR count). The third-order valence-corrected chi connectivity index (χ3v) is 5.97. The summed E-state index contributed by atoms with van der Waals surface area (Å²) in [4.78, 5) is 61.4. The molecule has 2 atom stereocenters. The predicted molar refractivity (Wildman–Crippen MR) is 130 cm³/mol. The van der Waals surface area contributed by atoms with E-state index in [1.807, 2.05) is 30.3 Å². The molecule has 196 valence electrons. The Labute approximate surface area is 213 Å². The summed E-state index contributed by atoms with van der Waals surface area (Å²) in [6.45, 7) is -0.680. The molecule has 0 spiro atoms. The van der Waals surface area contributed by atoms with Crippen LogP contribution in [0.2, 0.25) is 0 Å². The normalized spacial score (nSPS) is 14.0. The zero-order chi connectivity index (χ0) is 26.8. The van der Waals surface area contributed by atoms with Crippen molar-refractivity contribution in [2.45, 2.75) is 38.0 Å². The summed E-state index contributed by atoms with van der Waals surface area (Å²) >= 11 is 0. The number of aliphatic carboxylic acids is 1. The van der Waals surface area contributed by atoms with E-state index in [9.17, 15) is 24.0 Å². The minimum absolute atomic E-state index is 0.0558. The van der Waals surface area contributed by atoms with Crippen LogP contribution in [0.3, 0.4) is 0 Å². The van der Waals surface area contributed by atoms with Gasteiger partial charge < -0.3 is 30.5 Å². The molecular weight excluding hydrogens is 482 g/mol. The molecule has 0 heterocycles. The van der Waals surface area contributed by atoms with Crippen molar-refractivity contribution in [3.8, 4) is 0 Å². The van der Waals surface area contributed by atoms with Gasteiger partial charge in [0.15, 0.2) is 0 Å². The number of carboxylic acid groups (broad SMARTS) is 1. The summed E-state index contributed by atoms with van der Waals surface area (Å²) in [6.07, 6.45) is -0.476. The molecule has 0 aliphatic heterocycles. The average molecular weight is 512 g/mol. The monoisotopic (exact) mass is 511 g/mol. The van der Waals surface area contributed by atoms with Crippen LogP contribution < -0.4 is 16.0 Å². The fraction of sp³-hybridized carbons (Fsp3) is 0.346. The zero-order valence-corrected chi connectivity index (χ0v) is 20.3. The smallest absolute Gasteiger partial charge is 0.408 e. The van der Waals surface area contributed by atoms with Crippen LogP contribution in [0.15, 0.2) is 54.6 Å². The predicted octanol–water partition coefficient (Wildman–Crippen LogP) is 0.945. The molecule has 2 aromatic carbocycles. The summed E-state index contributed by atoms with van der Waals surface area (Å²) in [5.41, 5.74) is 2.76. The van der Waals surface area contributed by atoms with Gasteiger partial charge in [0, 0.05) is 0 Å². The lowest BCUT2D eigenvalue weighted by molar-refractivity contribution is -0.143. The second-order valence-corrected chi connectivity index (χ2v) is 8.57. The Hall–Kier alpha value is -4.41. The van der Waals surface area contributed by atoms with Crippen molar-refractivity contribution < 1.29 is 38.6 Å². The van der Waals surface area contributed by atoms with Gasteiger partial charge in [0.05, 0.1) is 13.5 Å². The molecule has 0 fully saturated rings. The summed E-state index contributed by atoms with van der Waals surface area (Å²) in [5, 5.41) is 16.2. The summed E-state index contributed by atoms with van der Waals surface area (Å²) in [6, 6.07) is 14.0. The van der Waals surface area contributed by atoms with E-state index in [2.05, 4.69) is 20.7 Å². The molecule has 3 amide bonds. The van der Waals surface area contributed by atoms with Crippen molar-refractivity contribution >= 4 is 29.8 Å². The van der Waals surface area contributed by atoms with Crippen LogP contribution in [0.25, 0.3) is 0 Å². The van der Waals surface area contributed by atoms with Crippen molar-refractivity contribution in [2.24, 2.45) is 5.92 Å². The van der Waals surface area contributed by atoms with Crippen LogP contribution in [-0.2, 0) is 48.1 Å². The first kappa shape index (κ1) is 27.2. The van der Waals surface area contributed by atoms with E-state index in [0.29, 0.717) is 12.8 Å². The molecule has 11 nitrogen and oxygen atoms in total. The number of benzene rings is 2. The molecule has 0 aromatic heterocycles. The number of carbonyl (C=O) groups is 5. The van der Waals surface area contributed by atoms with E-state index < -0.39 is 54.9 Å². The van der Waals surface area contributed by atoms with Gasteiger partial charge in [0.1, 0.15) is 25.2 Å². The topological polar surface area (TPSA) is 160 Å². The number of ether oxygens (including phenoxy) is 2. The third-order valence-electron chi connectivity index (χ3n) is 5.97. The SMILES string of the molecule is COC(=O)C[C@H](NC(=O)OCc1ccccc1)C(=O)N[C@H](C(=O)NCC(=O)O)C1Cc2ccccc2C1. The molecule has 0 unspecified atom stereocenters. The molecule has 0 bridgehead atoms. The maximum Gasteiger partial charge on any atom is 0.408 e. The minimum Gasteiger partial charge on any atom is -0.480 e. The molecule has 1 aliphatic rings. The highest BCUT2D eigenvalue weighted by atomic mass is 16.5. The summed E-state index contributed by atoms with van der Waals surface area (Å²) in [5.74, 6) is -3.85. The van der Waals surface area contributed by atoms with E-state index in [0.717, 1.165) is 23.8 Å². The average Bonchev–Trinajstić information content (AvgIpc) is 3.33. The molecule has 0 radical (unpaired) electrons. The molecule has 0 saturated carbocycles. The largest absolute Gasteiger partial charge is 0.480 e. The van der Waals surface area contributed by atoms with Crippen molar-refractivity contribution in [1.82, 2.24) is 16.0 Å². The Balaban J connectivity index is 1.72. The van der Waals surface area contributed by atoms with E-state index in [4.69, 9.17) is 9.84 Å². The van der Waals surface area contributed by atoms with E-state index >= 15 is 0 Å². The van der Waals surface area contributed by atoms with Gasteiger partial charge in [0.2, 0.25) is 11.8 Å². The Kier molecular flexibility index (Phi) is 9.59. The first-order valence-corrected chi connectivity index (χ1v) is 11.7. The summed E-state index contributed by atoms with van der Waals surface area (Å²) in [7, 11) is 1.14. The maximum absolute atomic E-state index is 13.2. The lowest BCUT2D eigenvalue weighted by Gasteiger charge is -2.26. The second-order valence-electron chi connectivity index (χ2n) is 8.57. The van der Waals surface area contributed by atoms with Gasteiger partial charge in [-0.2, -0.15) is 0 Å². The number of carboxylic acids is 1. The van der Waals surface area contributed by atoms with Gasteiger partial charge >= 0.3 is 18.0 Å². The number of methoxy groups -OCH3 is 1. The lowest BCUT2D eigenvalue weighted by Crippen LogP contribution is -2.57. The first-order valence-electron chi connectivity index (χ1n) is 11.7. The zero-order valence-electron chi connectivity index (χ0n) is 20.3. The maximum atomic E-state index is 13.2. The quantitative estimate of drug-likeness (QED) is 0.324. The minimum atomic E-state index is -1.39. The van der Waals surface area contributed by atoms with Crippen LogP contribution in [0.1, 0.15) is 23.1 Å². The van der Waals surface area contributed by atoms with Crippen molar-refractivity contribution in [3.63, 3.8) is 0 Å². The highest BCUT2D eigenvalue weighted by Gasteiger charge is 2.36. The van der Waals surface area contributed by atoms with Gasteiger partial charge in [-0.3, -0.25) is 19.2 Å². The van der Waals surface area contributed by atoms with E-state index in [-0.39, 0.29) is 12.5 Å². The first-order chi connectivity index (χ1) is 17.8. The number of carbonyl (C=O) groups excluding carboxylic acids is 4. The summed E-state index contributed by atoms with van der Waals surface area (Å²) < 4.78 is 9.80. The highest BCUT2D eigenvalue weighted by Crippen LogP contribution is 2.29. The molecule has 11 heteroatoms. The Morgan fingerprint density at radius 3 is 2.14 bits per heavy atom. The molecule has 37 heavy (non-hydrogen) atoms. The number of amides is 3. The van der Waals surface area contributed by atoms with Crippen LogP contribution in [0, 0.1) is 5.92 Å². The van der Waals surface area contributed by atoms with Crippen LogP contribution in [0.4, 0.5) is 4.79 Å². The number of hydrogen-bond donors (Lipinski definition) is 4. The fourth-order valence-corrected chi connectivity index (χ4v) is 4.12. The molecule has 0 saturated heterocycles. The number of alkyl carbamates (subject to hydrolysis) is 1. The Bertz CT molecular complexity index is 1110. The van der Waals surface area contributed by atoms with E-state index in [1.54, 1.807) is 24.3 Å². The van der Waals surface area contributed by atoms with Crippen LogP contribution in [0.5, 0.6) is 0 Å². The van der Waals surface area contributed by atoms with Crippen LogP contribution >= 0.6 is 0 Å². The van der Waals surface area contributed by atoms with Gasteiger partial charge in [0.25, 0.3) is 0 Å². The van der Waals surface area contributed by atoms with Crippen molar-refractivity contribution in [2.75, 3.05) is 13.7 Å². The number of nitrogens with one attached hydrogen (secondary N) is 3. The van der Waals surface area contributed by atoms with Crippen molar-refractivity contribution in [1.29, 1.82) is 0 Å². The Morgan fingerprint density at radius 2 is 1.54 bits per heavy atom. The van der Waals surface area contributed by atoms with Crippen LogP contribution in [-0.4, -0.2) is 60.7 Å². The second kappa shape index (κ2) is 13.1. The van der Waals surface area contributed by atoms with Crippen molar-refractivity contribution in [3.05, 3.63) is 71.3 Å². The molecule has 1 aliphatic carbocycles. The molecule has 4 N–H and O–H groups in total. The number of fused-ring (bicyclic) bond motifs is 1. The Morgan fingerprint density at radius 1 is 0.919 bits per heavy atom. The van der Waals surface area contributed by atoms with Gasteiger partial charge in [-0.05, 0) is 35.4 Å². The van der Waals surface area contributed by atoms with Gasteiger partial charge in [-0.15, -0.1) is 0 Å². The third kappa shape index (κ3) is 8.06. The molecule has 2 aromatic rings. The standard InChI is InChI=1S/C26H29N3O8/c1-36-22(32)13-20(28-26(35)37-15-16-7-3-2-4-8-16)24(33)29-23(25(34)27-14-21(30)31)19-11-17-9-5-6-10-18(17)12-19/h2-10,19-20,23H,11-15H2,1H3,(H,27,34)(H,28,35)(H,29,33)(H,30,31)/t20-,23-/m0/s1. The van der Waals surface area contributed by atoms with Gasteiger partial charge in [-0.1, -0.05) is 54.6 Å². The lowest BCUT2D eigenvalue weighted by atomic mass is 9.95. The van der Waals surface area contributed by atoms with Gasteiger partial charge in [-0.25, -0.2) is 4.79 Å². The highest BCUT2D eigenvalue weighted by molar-refractivity contribution is 5.94. The molecular formula is C26H29N3O8. The number of hydrogen-bond acceptors (Lipinski definition) is 7. The number of esters is 1. The number of rotatable bonds is 11. The van der Waals surface area contributed by atoms with E-state index in [1.165, 1.54) is 0 Å².